The number of hydrogen-bond donors (Lipinski definition) is 2. The molecule has 1 saturated heterocycles. The summed E-state index contributed by atoms with van der Waals surface area (Å²) in [5, 5.41) is 2.64. The van der Waals surface area contributed by atoms with Gasteiger partial charge in [0, 0.05) is 38.1 Å². The molecule has 1 aliphatic rings. The smallest absolute Gasteiger partial charge is 0.329 e. The van der Waals surface area contributed by atoms with Crippen molar-refractivity contribution in [3.8, 4) is 0 Å². The Bertz CT molecular complexity index is 1060. The number of hydrogen-bond acceptors (Lipinski definition) is 8. The van der Waals surface area contributed by atoms with Crippen LogP contribution in [0.5, 0.6) is 0 Å². The highest BCUT2D eigenvalue weighted by Crippen LogP contribution is 2.54. The van der Waals surface area contributed by atoms with Gasteiger partial charge in [0.2, 0.25) is 7.98 Å². The predicted molar refractivity (Wildman–Crippen MR) is 159 cm³/mol. The second kappa shape index (κ2) is 15.1. The Morgan fingerprint density at radius 1 is 1.34 bits per heavy atom. The summed E-state index contributed by atoms with van der Waals surface area (Å²) in [4.78, 5) is 30.4. The Labute approximate surface area is 237 Å². The zero-order valence-corrected chi connectivity index (χ0v) is 27.1. The van der Waals surface area contributed by atoms with Crippen LogP contribution in [0.25, 0.3) is 4.85 Å². The van der Waals surface area contributed by atoms with Crippen molar-refractivity contribution in [3.63, 3.8) is 0 Å². The van der Waals surface area contributed by atoms with E-state index in [1.165, 1.54) is 35.7 Å². The van der Waals surface area contributed by atoms with E-state index in [0.29, 0.717) is 0 Å². The van der Waals surface area contributed by atoms with E-state index in [2.05, 4.69) is 81.2 Å². The van der Waals surface area contributed by atoms with Crippen molar-refractivity contribution < 1.29 is 20.0 Å². The molecule has 218 valence electrons. The summed E-state index contributed by atoms with van der Waals surface area (Å²) in [6.45, 7) is 26.8. The number of nitrogens with one attached hydrogen (secondary N) is 1. The van der Waals surface area contributed by atoms with Gasteiger partial charge in [-0.05, 0) is 45.8 Å². The molecule has 1 aliphatic heterocycles. The SMILES string of the molecule is [2H]C[C@H]1SC(n2ccc(=O)[nH]c2=O)[C@H](O[Si](C)(C)C(C)(C)C)[C@@H]1OP(OCC[N+]#[C-])N(C(C)C)C(C)C.[3H]OC. The van der Waals surface area contributed by atoms with Crippen LogP contribution in [0.3, 0.4) is 0 Å². The van der Waals surface area contributed by atoms with Gasteiger partial charge in [-0.25, -0.2) is 16.0 Å². The highest BCUT2D eigenvalue weighted by molar-refractivity contribution is 8.00. The molecule has 0 aromatic carbocycles. The second-order valence-corrected chi connectivity index (χ2v) is 18.5. The molecule has 38 heavy (non-hydrogen) atoms. The minimum Gasteiger partial charge on any atom is -0.408 e. The molecule has 2 rings (SSSR count). The number of rotatable bonds is 11. The molecule has 13 heteroatoms. The van der Waals surface area contributed by atoms with Crippen molar-refractivity contribution >= 4 is 28.6 Å². The Kier molecular flexibility index (Phi) is 12.5. The molecule has 0 spiro atoms. The molecular formula is C25H47N4O6PSSi. The maximum atomic E-state index is 12.8. The number of H-pyrrole nitrogens is 1. The number of nitrogens with zero attached hydrogens (tertiary/aromatic N) is 3. The molecule has 0 radical (unpaired) electrons. The second-order valence-electron chi connectivity index (χ2n) is 11.0. The number of aliphatic hydroxyl groups excluding tert-OH is 1. The third kappa shape index (κ3) is 9.00. The van der Waals surface area contributed by atoms with E-state index in [4.69, 9.17) is 22.8 Å². The van der Waals surface area contributed by atoms with Crippen molar-refractivity contribution in [1.82, 2.24) is 14.2 Å². The topological polar surface area (TPSA) is 110 Å². The first-order chi connectivity index (χ1) is 18.6. The molecule has 1 aromatic rings. The molecule has 10 nitrogen and oxygen atoms in total. The molecule has 0 saturated carbocycles. The lowest BCUT2D eigenvalue weighted by Gasteiger charge is -2.42. The van der Waals surface area contributed by atoms with Crippen LogP contribution in [-0.4, -0.2) is 78.9 Å². The standard InChI is InChI=1S/C24H43N4O5PSSi.CH4O/c1-16(2)28(17(3)4)34(31-15-13-25-9)32-20-18(5)35-22(27-14-12-19(29)26-23(27)30)21(20)33-36(10,11)24(6,7)8;1-2/h12,14,16-18,20-22H,13,15H2,1-8,10-11H3,(H,26,29,30);2H,1H3/t18-,20-,21-,22?,34?;/m1./s1/i5D;2T. The normalized spacial score (nSPS) is 23.6. The third-order valence-electron chi connectivity index (χ3n) is 6.51. The molecule has 0 bridgehead atoms. The van der Waals surface area contributed by atoms with Crippen LogP contribution >= 0.6 is 20.3 Å². The Morgan fingerprint density at radius 2 is 1.95 bits per heavy atom. The van der Waals surface area contributed by atoms with E-state index in [9.17, 15) is 9.59 Å². The van der Waals surface area contributed by atoms with Crippen LogP contribution in [0.15, 0.2) is 21.9 Å². The zero-order valence-electron chi connectivity index (χ0n) is 26.4. The lowest BCUT2D eigenvalue weighted by molar-refractivity contribution is 0.0296. The molecular weight excluding hydrogens is 543 g/mol. The highest BCUT2D eigenvalue weighted by atomic mass is 32.2. The quantitative estimate of drug-likeness (QED) is 0.162. The number of aromatic amines is 1. The van der Waals surface area contributed by atoms with Crippen LogP contribution in [-0.2, 0) is 13.5 Å². The first-order valence-electron chi connectivity index (χ1n) is 13.8. The maximum absolute atomic E-state index is 12.8. The molecule has 1 aromatic heterocycles. The summed E-state index contributed by atoms with van der Waals surface area (Å²) in [6, 6.07) is 1.58. The van der Waals surface area contributed by atoms with E-state index in [1.807, 2.05) is 0 Å². The highest BCUT2D eigenvalue weighted by Gasteiger charge is 2.51. The van der Waals surface area contributed by atoms with Gasteiger partial charge in [0.25, 0.3) is 14.1 Å². The van der Waals surface area contributed by atoms with E-state index in [1.54, 1.807) is 0 Å². The monoisotopic (exact) mass is 593 g/mol. The molecule has 2 unspecified atom stereocenters. The van der Waals surface area contributed by atoms with E-state index < -0.39 is 45.7 Å². The van der Waals surface area contributed by atoms with Gasteiger partial charge >= 0.3 is 5.69 Å². The van der Waals surface area contributed by atoms with Crippen LogP contribution in [0.2, 0.25) is 18.1 Å². The number of thioether (sulfide) groups is 1. The lowest BCUT2D eigenvalue weighted by atomic mass is 10.1. The minimum atomic E-state index is -2.34. The summed E-state index contributed by atoms with van der Waals surface area (Å²) < 4.78 is 37.6. The first-order valence-corrected chi connectivity index (χ1v) is 17.7. The van der Waals surface area contributed by atoms with Crippen molar-refractivity contribution in [2.75, 3.05) is 20.3 Å². The fourth-order valence-electron chi connectivity index (χ4n) is 3.72. The fourth-order valence-corrected chi connectivity index (χ4v) is 8.36. The van der Waals surface area contributed by atoms with E-state index in [0.717, 1.165) is 0 Å². The summed E-state index contributed by atoms with van der Waals surface area (Å²) in [7, 11) is -2.62. The van der Waals surface area contributed by atoms with Gasteiger partial charge in [-0.2, -0.15) is 0 Å². The van der Waals surface area contributed by atoms with Crippen molar-refractivity contribution in [2.24, 2.45) is 0 Å². The molecule has 2 heterocycles. The fraction of sp³-hybridized carbons (Fsp3) is 0.800. The van der Waals surface area contributed by atoms with Crippen LogP contribution < -0.4 is 11.2 Å². The summed E-state index contributed by atoms with van der Waals surface area (Å²) in [5.74, 6) is 0. The van der Waals surface area contributed by atoms with Gasteiger partial charge in [0.15, 0.2) is 8.32 Å². The van der Waals surface area contributed by atoms with Gasteiger partial charge in [0.1, 0.15) is 24.2 Å². The Balaban J connectivity index is 0.00000254. The summed E-state index contributed by atoms with van der Waals surface area (Å²) >= 11 is 1.46. The number of aromatic nitrogens is 2. The molecule has 0 aliphatic carbocycles. The maximum Gasteiger partial charge on any atom is 0.329 e. The molecule has 1 fully saturated rings. The number of aliphatic hydroxyl groups is 1. The summed E-state index contributed by atoms with van der Waals surface area (Å²) in [5.41, 5.74) is -0.975. The van der Waals surface area contributed by atoms with Crippen molar-refractivity contribution in [3.05, 3.63) is 44.5 Å². The molecule has 2 N–H and O–H groups in total. The zero-order chi connectivity index (χ0) is 30.8. The van der Waals surface area contributed by atoms with Crippen molar-refractivity contribution in [1.29, 1.82) is 1.43 Å². The third-order valence-corrected chi connectivity index (χ3v) is 14.5. The van der Waals surface area contributed by atoms with E-state index >= 15 is 0 Å². The lowest BCUT2D eigenvalue weighted by Crippen LogP contribution is -2.50. The predicted octanol–water partition coefficient (Wildman–Crippen LogP) is 4.84. The van der Waals surface area contributed by atoms with Gasteiger partial charge in [0.05, 0.1) is 0 Å². The average molecular weight is 594 g/mol. The average Bonchev–Trinajstić information content (AvgIpc) is 3.14. The Morgan fingerprint density at radius 3 is 2.42 bits per heavy atom. The van der Waals surface area contributed by atoms with Gasteiger partial charge in [-0.15, -0.1) is 11.8 Å². The van der Waals surface area contributed by atoms with Crippen molar-refractivity contribution in [2.45, 2.75) is 108 Å². The first kappa shape index (κ1) is 31.5. The van der Waals surface area contributed by atoms with E-state index in [-0.39, 0.29) is 42.4 Å². The minimum absolute atomic E-state index is 0.0654. The largest absolute Gasteiger partial charge is 0.408 e. The molecule has 0 amide bonds. The van der Waals surface area contributed by atoms with Crippen LogP contribution in [0.1, 0.15) is 62.1 Å². The molecule has 5 atom stereocenters. The van der Waals surface area contributed by atoms with Crippen LogP contribution in [0.4, 0.5) is 0 Å². The van der Waals surface area contributed by atoms with Crippen LogP contribution in [0, 0.1) is 6.57 Å². The van der Waals surface area contributed by atoms with Gasteiger partial charge < -0.3 is 23.4 Å². The Hall–Kier alpha value is -1.03. The summed E-state index contributed by atoms with van der Waals surface area (Å²) in [6.07, 6.45) is 0.424. The van der Waals surface area contributed by atoms with Gasteiger partial charge in [-0.3, -0.25) is 14.3 Å². The van der Waals surface area contributed by atoms with Gasteiger partial charge in [-0.1, -0.05) is 27.7 Å².